The van der Waals surface area contributed by atoms with Gasteiger partial charge in [0.2, 0.25) is 5.13 Å². The van der Waals surface area contributed by atoms with Crippen molar-refractivity contribution >= 4 is 44.8 Å². The number of anilines is 1. The number of hydrazone groups is 1. The molecular weight excluding hydrogens is 574 g/mol. The second-order valence-electron chi connectivity index (χ2n) is 9.89. The van der Waals surface area contributed by atoms with Crippen LogP contribution in [-0.2, 0) is 16.0 Å². The molecule has 0 saturated carbocycles. The zero-order valence-corrected chi connectivity index (χ0v) is 25.4. The number of carbonyl (C=O) groups is 2. The van der Waals surface area contributed by atoms with Gasteiger partial charge in [0.1, 0.15) is 24.7 Å². The zero-order chi connectivity index (χ0) is 30.7. The van der Waals surface area contributed by atoms with Gasteiger partial charge in [0.25, 0.3) is 0 Å². The number of ether oxygens (including phenoxy) is 3. The van der Waals surface area contributed by atoms with Crippen LogP contribution >= 0.6 is 11.3 Å². The fraction of sp³-hybridized carbons (Fsp3) is 0.200. The largest absolute Gasteiger partial charge is 0.490 e. The minimum Gasteiger partial charge on any atom is -0.490 e. The molecule has 5 aromatic rings. The van der Waals surface area contributed by atoms with E-state index in [2.05, 4.69) is 46.7 Å². The van der Waals surface area contributed by atoms with Gasteiger partial charge >= 0.3 is 11.9 Å². The molecule has 0 bridgehead atoms. The number of thiazole rings is 1. The highest BCUT2D eigenvalue weighted by molar-refractivity contribution is 7.22. The molecule has 5 rings (SSSR count). The first-order valence-electron chi connectivity index (χ1n) is 14.5. The number of hydrogen-bond acceptors (Lipinski definition) is 9. The quantitative estimate of drug-likeness (QED) is 0.0477. The summed E-state index contributed by atoms with van der Waals surface area (Å²) in [5, 5.41) is 5.08. The van der Waals surface area contributed by atoms with Crippen molar-refractivity contribution in [2.75, 3.05) is 18.6 Å². The van der Waals surface area contributed by atoms with Gasteiger partial charge in [-0.15, -0.1) is 0 Å². The number of rotatable bonds is 13. The van der Waals surface area contributed by atoms with E-state index in [0.717, 1.165) is 34.2 Å². The molecule has 0 spiro atoms. The number of esters is 2. The molecule has 1 aromatic heterocycles. The SMILES string of the molecule is CCCc1ccc(-c2ccc(OC(=O)c3ccc(OCCOC(=O)CC)cc3)c(/C=N/Nc3nc4ccccc4s3)c2)cc1. The van der Waals surface area contributed by atoms with Crippen molar-refractivity contribution in [2.24, 2.45) is 5.10 Å². The van der Waals surface area contributed by atoms with E-state index < -0.39 is 5.97 Å². The normalized spacial score (nSPS) is 11.0. The average Bonchev–Trinajstić information content (AvgIpc) is 3.47. The van der Waals surface area contributed by atoms with Crippen molar-refractivity contribution in [1.82, 2.24) is 4.98 Å². The smallest absolute Gasteiger partial charge is 0.343 e. The number of aromatic nitrogens is 1. The first kappa shape index (κ1) is 30.4. The maximum absolute atomic E-state index is 13.1. The number of benzene rings is 4. The number of carbonyl (C=O) groups excluding carboxylic acids is 2. The Balaban J connectivity index is 1.32. The van der Waals surface area contributed by atoms with Crippen molar-refractivity contribution in [2.45, 2.75) is 33.1 Å². The first-order valence-corrected chi connectivity index (χ1v) is 15.3. The topological polar surface area (TPSA) is 99.1 Å². The van der Waals surface area contributed by atoms with E-state index in [1.165, 1.54) is 16.9 Å². The molecular formula is C35H33N3O5S. The summed E-state index contributed by atoms with van der Waals surface area (Å²) in [7, 11) is 0. The predicted octanol–water partition coefficient (Wildman–Crippen LogP) is 7.91. The van der Waals surface area contributed by atoms with Gasteiger partial charge in [-0.3, -0.25) is 10.2 Å². The summed E-state index contributed by atoms with van der Waals surface area (Å²) in [6, 6.07) is 28.6. The molecule has 0 unspecified atom stereocenters. The molecule has 0 amide bonds. The third-order valence-electron chi connectivity index (χ3n) is 6.69. The van der Waals surface area contributed by atoms with Crippen LogP contribution in [0.1, 0.15) is 48.2 Å². The second kappa shape index (κ2) is 14.9. The van der Waals surface area contributed by atoms with Crippen molar-refractivity contribution in [3.05, 3.63) is 108 Å². The Morgan fingerprint density at radius 3 is 2.43 bits per heavy atom. The second-order valence-corrected chi connectivity index (χ2v) is 10.9. The predicted molar refractivity (Wildman–Crippen MR) is 175 cm³/mol. The minimum absolute atomic E-state index is 0.160. The van der Waals surface area contributed by atoms with Crippen molar-refractivity contribution in [3.8, 4) is 22.6 Å². The van der Waals surface area contributed by atoms with Crippen LogP contribution in [0.5, 0.6) is 11.5 Å². The van der Waals surface area contributed by atoms with E-state index in [0.29, 0.717) is 34.2 Å². The van der Waals surface area contributed by atoms with Gasteiger partial charge in [-0.25, -0.2) is 9.78 Å². The highest BCUT2D eigenvalue weighted by atomic mass is 32.1. The lowest BCUT2D eigenvalue weighted by Crippen LogP contribution is -2.12. The zero-order valence-electron chi connectivity index (χ0n) is 24.6. The molecule has 8 nitrogen and oxygen atoms in total. The lowest BCUT2D eigenvalue weighted by atomic mass is 10.0. The third-order valence-corrected chi connectivity index (χ3v) is 7.63. The summed E-state index contributed by atoms with van der Waals surface area (Å²) < 4.78 is 17.5. The molecule has 0 radical (unpaired) electrons. The van der Waals surface area contributed by atoms with Crippen LogP contribution in [0.4, 0.5) is 5.13 Å². The van der Waals surface area contributed by atoms with E-state index in [4.69, 9.17) is 14.2 Å². The van der Waals surface area contributed by atoms with E-state index in [1.54, 1.807) is 43.5 Å². The van der Waals surface area contributed by atoms with Crippen LogP contribution in [-0.4, -0.2) is 36.4 Å². The molecule has 1 heterocycles. The maximum Gasteiger partial charge on any atom is 0.343 e. The molecule has 0 aliphatic carbocycles. The number of nitrogens with one attached hydrogen (secondary N) is 1. The number of aryl methyl sites for hydroxylation is 1. The third kappa shape index (κ3) is 8.08. The number of fused-ring (bicyclic) bond motifs is 1. The van der Waals surface area contributed by atoms with Crippen LogP contribution in [0.2, 0.25) is 0 Å². The fourth-order valence-electron chi connectivity index (χ4n) is 4.41. The van der Waals surface area contributed by atoms with E-state index in [1.807, 2.05) is 36.4 Å². The number of hydrogen-bond donors (Lipinski definition) is 1. The summed E-state index contributed by atoms with van der Waals surface area (Å²) in [4.78, 5) is 28.9. The maximum atomic E-state index is 13.1. The summed E-state index contributed by atoms with van der Waals surface area (Å²) in [6.07, 6.45) is 4.07. The molecule has 0 aliphatic heterocycles. The summed E-state index contributed by atoms with van der Waals surface area (Å²) in [5.41, 5.74) is 8.21. The molecule has 9 heteroatoms. The van der Waals surface area contributed by atoms with E-state index in [9.17, 15) is 9.59 Å². The average molecular weight is 608 g/mol. The Hall–Kier alpha value is -5.02. The standard InChI is InChI=1S/C35H33N3O5S/c1-3-7-24-10-12-25(13-11-24)27-16-19-31(28(22-27)23-36-38-35-37-30-8-5-6-9-32(30)44-35)43-34(40)26-14-17-29(18-15-26)41-20-21-42-33(39)4-2/h5-6,8-19,22-23H,3-4,7,20-21H2,1-2H3,(H,37,38)/b36-23+. The molecule has 1 N–H and O–H groups in total. The van der Waals surface area contributed by atoms with Gasteiger partial charge in [-0.1, -0.05) is 74.1 Å². The van der Waals surface area contributed by atoms with E-state index >= 15 is 0 Å². The molecule has 0 saturated heterocycles. The summed E-state index contributed by atoms with van der Waals surface area (Å²) in [5.74, 6) is 0.131. The van der Waals surface area contributed by atoms with Gasteiger partial charge in [-0.05, 0) is 71.6 Å². The van der Waals surface area contributed by atoms with Gasteiger partial charge in [-0.2, -0.15) is 5.10 Å². The fourth-order valence-corrected chi connectivity index (χ4v) is 5.23. The van der Waals surface area contributed by atoms with Crippen LogP contribution in [0.15, 0.2) is 96.1 Å². The Labute approximate surface area is 260 Å². The van der Waals surface area contributed by atoms with Crippen molar-refractivity contribution in [3.63, 3.8) is 0 Å². The highest BCUT2D eigenvalue weighted by Gasteiger charge is 2.13. The Morgan fingerprint density at radius 2 is 1.68 bits per heavy atom. The lowest BCUT2D eigenvalue weighted by Gasteiger charge is -2.11. The van der Waals surface area contributed by atoms with Gasteiger partial charge in [0.05, 0.1) is 22.0 Å². The number of nitrogens with zero attached hydrogens (tertiary/aromatic N) is 2. The monoisotopic (exact) mass is 607 g/mol. The molecule has 0 atom stereocenters. The van der Waals surface area contributed by atoms with Crippen LogP contribution in [0.25, 0.3) is 21.3 Å². The van der Waals surface area contributed by atoms with Crippen molar-refractivity contribution < 1.29 is 23.8 Å². The number of para-hydroxylation sites is 1. The molecule has 224 valence electrons. The molecule has 4 aromatic carbocycles. The van der Waals surface area contributed by atoms with Crippen LogP contribution in [0.3, 0.4) is 0 Å². The van der Waals surface area contributed by atoms with Crippen molar-refractivity contribution in [1.29, 1.82) is 0 Å². The van der Waals surface area contributed by atoms with Gasteiger partial charge < -0.3 is 14.2 Å². The summed E-state index contributed by atoms with van der Waals surface area (Å²) in [6.45, 7) is 4.28. The molecule has 0 fully saturated rings. The Kier molecular flexibility index (Phi) is 10.3. The lowest BCUT2D eigenvalue weighted by molar-refractivity contribution is -0.143. The summed E-state index contributed by atoms with van der Waals surface area (Å²) >= 11 is 1.51. The first-order chi connectivity index (χ1) is 21.5. The highest BCUT2D eigenvalue weighted by Crippen LogP contribution is 2.28. The molecule has 44 heavy (non-hydrogen) atoms. The van der Waals surface area contributed by atoms with Gasteiger partial charge in [0.15, 0.2) is 0 Å². The van der Waals surface area contributed by atoms with Crippen LogP contribution in [0, 0.1) is 0 Å². The molecule has 0 aliphatic rings. The van der Waals surface area contributed by atoms with E-state index in [-0.39, 0.29) is 19.2 Å². The Bertz CT molecular complexity index is 1710. The van der Waals surface area contributed by atoms with Gasteiger partial charge in [0, 0.05) is 12.0 Å². The van der Waals surface area contributed by atoms with Crippen LogP contribution < -0.4 is 14.9 Å². The minimum atomic E-state index is -0.515. The Morgan fingerprint density at radius 1 is 0.909 bits per heavy atom.